The van der Waals surface area contributed by atoms with E-state index >= 15 is 0 Å². The van der Waals surface area contributed by atoms with E-state index in [4.69, 9.17) is 4.42 Å². The van der Waals surface area contributed by atoms with Gasteiger partial charge in [-0.05, 0) is 49.2 Å². The molecule has 0 bridgehead atoms. The van der Waals surface area contributed by atoms with E-state index in [1.54, 1.807) is 25.1 Å². The minimum absolute atomic E-state index is 0.302. The lowest BCUT2D eigenvalue weighted by atomic mass is 10.0. The molecule has 84 valence electrons. The minimum Gasteiger partial charge on any atom is -0.463 e. The Bertz CT molecular complexity index is 502. The van der Waals surface area contributed by atoms with Crippen molar-refractivity contribution in [1.29, 1.82) is 0 Å². The third-order valence-electron chi connectivity index (χ3n) is 2.56. The largest absolute Gasteiger partial charge is 0.463 e. The fourth-order valence-electron chi connectivity index (χ4n) is 1.70. The molecule has 2 aromatic rings. The summed E-state index contributed by atoms with van der Waals surface area (Å²) in [6, 6.07) is 7.82. The van der Waals surface area contributed by atoms with E-state index in [9.17, 15) is 9.50 Å². The molecule has 3 heteroatoms. The van der Waals surface area contributed by atoms with Gasteiger partial charge in [0.15, 0.2) is 0 Å². The topological polar surface area (TPSA) is 33.4 Å². The van der Waals surface area contributed by atoms with Crippen molar-refractivity contribution >= 4 is 0 Å². The van der Waals surface area contributed by atoms with Crippen LogP contribution in [0.4, 0.5) is 4.39 Å². The zero-order chi connectivity index (χ0) is 11.7. The number of benzene rings is 1. The minimum atomic E-state index is -0.839. The van der Waals surface area contributed by atoms with Gasteiger partial charge in [-0.15, -0.1) is 0 Å². The summed E-state index contributed by atoms with van der Waals surface area (Å²) in [6.45, 7) is 3.57. The first-order chi connectivity index (χ1) is 7.58. The Morgan fingerprint density at radius 2 is 1.94 bits per heavy atom. The number of furan rings is 1. The lowest BCUT2D eigenvalue weighted by Crippen LogP contribution is -2.01. The predicted molar refractivity (Wildman–Crippen MR) is 58.6 cm³/mol. The standard InChI is InChI=1S/C13H13FO2/c1-8-7-10(14)4-5-11(8)13(15)12-6-3-9(2)16-12/h3-7,13,15H,1-2H3. The van der Waals surface area contributed by atoms with Crippen LogP contribution in [0.3, 0.4) is 0 Å². The first-order valence-electron chi connectivity index (χ1n) is 5.08. The van der Waals surface area contributed by atoms with Gasteiger partial charge in [-0.3, -0.25) is 0 Å². The maximum Gasteiger partial charge on any atom is 0.137 e. The molecule has 1 aromatic heterocycles. The van der Waals surface area contributed by atoms with Crippen molar-refractivity contribution in [3.8, 4) is 0 Å². The molecule has 2 nitrogen and oxygen atoms in total. The van der Waals surface area contributed by atoms with E-state index in [-0.39, 0.29) is 5.82 Å². The van der Waals surface area contributed by atoms with Gasteiger partial charge in [0.25, 0.3) is 0 Å². The van der Waals surface area contributed by atoms with E-state index in [1.165, 1.54) is 12.1 Å². The summed E-state index contributed by atoms with van der Waals surface area (Å²) in [6.07, 6.45) is -0.839. The number of hydrogen-bond donors (Lipinski definition) is 1. The van der Waals surface area contributed by atoms with Crippen LogP contribution < -0.4 is 0 Å². The molecule has 0 aliphatic rings. The zero-order valence-corrected chi connectivity index (χ0v) is 9.20. The molecule has 0 saturated carbocycles. The summed E-state index contributed by atoms with van der Waals surface area (Å²) in [7, 11) is 0. The van der Waals surface area contributed by atoms with Crippen LogP contribution >= 0.6 is 0 Å². The SMILES string of the molecule is Cc1ccc(C(O)c2ccc(F)cc2C)o1. The second-order valence-electron chi connectivity index (χ2n) is 3.85. The maximum atomic E-state index is 12.9. The Morgan fingerprint density at radius 3 is 2.50 bits per heavy atom. The summed E-state index contributed by atoms with van der Waals surface area (Å²) >= 11 is 0. The molecule has 0 aliphatic heterocycles. The number of rotatable bonds is 2. The number of hydrogen-bond acceptors (Lipinski definition) is 2. The first-order valence-corrected chi connectivity index (χ1v) is 5.08. The highest BCUT2D eigenvalue weighted by molar-refractivity contribution is 5.32. The molecule has 1 unspecified atom stereocenters. The van der Waals surface area contributed by atoms with Crippen molar-refractivity contribution in [3.63, 3.8) is 0 Å². The molecule has 1 aromatic carbocycles. The Hall–Kier alpha value is -1.61. The molecular formula is C13H13FO2. The maximum absolute atomic E-state index is 12.9. The van der Waals surface area contributed by atoms with Gasteiger partial charge in [0.05, 0.1) is 0 Å². The van der Waals surface area contributed by atoms with Gasteiger partial charge in [-0.1, -0.05) is 6.07 Å². The van der Waals surface area contributed by atoms with Crippen LogP contribution in [0, 0.1) is 19.7 Å². The van der Waals surface area contributed by atoms with Crippen LogP contribution in [-0.4, -0.2) is 5.11 Å². The molecule has 0 spiro atoms. The van der Waals surface area contributed by atoms with Crippen LogP contribution in [0.2, 0.25) is 0 Å². The number of halogens is 1. The van der Waals surface area contributed by atoms with Gasteiger partial charge in [0, 0.05) is 0 Å². The second-order valence-corrected chi connectivity index (χ2v) is 3.85. The molecule has 0 fully saturated rings. The Kier molecular flexibility index (Phi) is 2.79. The Balaban J connectivity index is 2.37. The van der Waals surface area contributed by atoms with Crippen molar-refractivity contribution in [1.82, 2.24) is 0 Å². The van der Waals surface area contributed by atoms with Gasteiger partial charge >= 0.3 is 0 Å². The highest BCUT2D eigenvalue weighted by atomic mass is 19.1. The summed E-state index contributed by atoms with van der Waals surface area (Å²) in [5, 5.41) is 10.1. The summed E-state index contributed by atoms with van der Waals surface area (Å²) < 4.78 is 18.3. The molecule has 0 saturated heterocycles. The zero-order valence-electron chi connectivity index (χ0n) is 9.20. The molecule has 1 atom stereocenters. The normalized spacial score (nSPS) is 12.8. The lowest BCUT2D eigenvalue weighted by Gasteiger charge is -2.11. The summed E-state index contributed by atoms with van der Waals surface area (Å²) in [4.78, 5) is 0. The third kappa shape index (κ3) is 1.99. The van der Waals surface area contributed by atoms with E-state index in [0.29, 0.717) is 16.9 Å². The Labute approximate surface area is 93.3 Å². The van der Waals surface area contributed by atoms with Gasteiger partial charge in [0.1, 0.15) is 23.4 Å². The van der Waals surface area contributed by atoms with Crippen LogP contribution in [0.25, 0.3) is 0 Å². The van der Waals surface area contributed by atoms with E-state index in [0.717, 1.165) is 5.76 Å². The molecule has 0 aliphatic carbocycles. The van der Waals surface area contributed by atoms with Crippen molar-refractivity contribution in [2.24, 2.45) is 0 Å². The molecule has 1 heterocycles. The van der Waals surface area contributed by atoms with Crippen LogP contribution in [-0.2, 0) is 0 Å². The molecule has 2 rings (SSSR count). The van der Waals surface area contributed by atoms with Crippen molar-refractivity contribution in [2.75, 3.05) is 0 Å². The van der Waals surface area contributed by atoms with Crippen molar-refractivity contribution in [3.05, 3.63) is 58.8 Å². The van der Waals surface area contributed by atoms with Crippen LogP contribution in [0.15, 0.2) is 34.7 Å². The van der Waals surface area contributed by atoms with Crippen LogP contribution in [0.5, 0.6) is 0 Å². The summed E-state index contributed by atoms with van der Waals surface area (Å²) in [5.74, 6) is 0.921. The van der Waals surface area contributed by atoms with Gasteiger partial charge < -0.3 is 9.52 Å². The number of aliphatic hydroxyl groups is 1. The average molecular weight is 220 g/mol. The fourth-order valence-corrected chi connectivity index (χ4v) is 1.70. The lowest BCUT2D eigenvalue weighted by molar-refractivity contribution is 0.187. The molecule has 1 N–H and O–H groups in total. The van der Waals surface area contributed by atoms with E-state index in [1.807, 2.05) is 6.92 Å². The number of aryl methyl sites for hydroxylation is 2. The van der Waals surface area contributed by atoms with Crippen molar-refractivity contribution in [2.45, 2.75) is 20.0 Å². The monoisotopic (exact) mass is 220 g/mol. The van der Waals surface area contributed by atoms with Gasteiger partial charge in [-0.2, -0.15) is 0 Å². The molecule has 16 heavy (non-hydrogen) atoms. The molecular weight excluding hydrogens is 207 g/mol. The van der Waals surface area contributed by atoms with Gasteiger partial charge in [0.2, 0.25) is 0 Å². The highest BCUT2D eigenvalue weighted by Crippen LogP contribution is 2.26. The third-order valence-corrected chi connectivity index (χ3v) is 2.56. The highest BCUT2D eigenvalue weighted by Gasteiger charge is 2.16. The summed E-state index contributed by atoms with van der Waals surface area (Å²) in [5.41, 5.74) is 1.37. The van der Waals surface area contributed by atoms with E-state index < -0.39 is 6.10 Å². The average Bonchev–Trinajstić information content (AvgIpc) is 2.64. The second kappa shape index (κ2) is 4.10. The van der Waals surface area contributed by atoms with Crippen LogP contribution in [0.1, 0.15) is 28.8 Å². The first kappa shape index (κ1) is 10.9. The van der Waals surface area contributed by atoms with Gasteiger partial charge in [-0.25, -0.2) is 4.39 Å². The Morgan fingerprint density at radius 1 is 1.19 bits per heavy atom. The molecule has 0 amide bonds. The smallest absolute Gasteiger partial charge is 0.137 e. The quantitative estimate of drug-likeness (QED) is 0.843. The van der Waals surface area contributed by atoms with Crippen molar-refractivity contribution < 1.29 is 13.9 Å². The fraction of sp³-hybridized carbons (Fsp3) is 0.231. The predicted octanol–water partition coefficient (Wildman–Crippen LogP) is 3.12. The molecule has 0 radical (unpaired) electrons. The number of aliphatic hydroxyl groups excluding tert-OH is 1. The van der Waals surface area contributed by atoms with E-state index in [2.05, 4.69) is 0 Å².